The number of benzene rings is 3. The lowest BCUT2D eigenvalue weighted by molar-refractivity contribution is 1.27. The SMILES string of the molecule is [2H]C([2H])([2H])c1ccc(-c2cc(-c3ccccc3)c(C([2H])([2H])[2H])cn2)cc1-c1ccccc1. The molecule has 1 heteroatoms. The molecule has 1 heterocycles. The van der Waals surface area contributed by atoms with Gasteiger partial charge in [-0.05, 0) is 59.2 Å². The standard InChI is InChI=1S/C25H21N/c1-18-13-14-22(15-23(18)20-9-5-3-6-10-20)25-16-24(19(2)17-26-25)21-11-7-4-8-12-21/h3-17H,1-2H3/i1D3,2D3. The molecular weight excluding hydrogens is 314 g/mol. The van der Waals surface area contributed by atoms with Gasteiger partial charge in [0.15, 0.2) is 0 Å². The largest absolute Gasteiger partial charge is 0.256 e. The maximum atomic E-state index is 7.94. The molecule has 26 heavy (non-hydrogen) atoms. The van der Waals surface area contributed by atoms with Gasteiger partial charge in [0.25, 0.3) is 0 Å². The quantitative estimate of drug-likeness (QED) is 0.404. The number of aromatic nitrogens is 1. The third kappa shape index (κ3) is 3.16. The zero-order valence-electron chi connectivity index (χ0n) is 20.1. The highest BCUT2D eigenvalue weighted by Crippen LogP contribution is 2.31. The second kappa shape index (κ2) is 6.97. The molecule has 1 aromatic heterocycles. The van der Waals surface area contributed by atoms with Crippen LogP contribution in [0.5, 0.6) is 0 Å². The lowest BCUT2D eigenvalue weighted by Crippen LogP contribution is -1.91. The van der Waals surface area contributed by atoms with Gasteiger partial charge in [0.2, 0.25) is 0 Å². The maximum Gasteiger partial charge on any atom is 0.0708 e. The Morgan fingerprint density at radius 1 is 0.615 bits per heavy atom. The van der Waals surface area contributed by atoms with Crippen LogP contribution in [-0.4, -0.2) is 4.98 Å². The third-order valence-electron chi connectivity index (χ3n) is 4.39. The van der Waals surface area contributed by atoms with Crippen molar-refractivity contribution >= 4 is 0 Å². The summed E-state index contributed by atoms with van der Waals surface area (Å²) in [6.45, 7) is -4.57. The van der Waals surface area contributed by atoms with Crippen molar-refractivity contribution in [2.75, 3.05) is 0 Å². The first-order valence-corrected chi connectivity index (χ1v) is 8.41. The number of hydrogen-bond donors (Lipinski definition) is 0. The van der Waals surface area contributed by atoms with Crippen molar-refractivity contribution in [3.05, 3.63) is 102 Å². The van der Waals surface area contributed by atoms with Crippen molar-refractivity contribution in [3.63, 3.8) is 0 Å². The fourth-order valence-electron chi connectivity index (χ4n) is 3.03. The molecule has 4 aromatic rings. The number of aryl methyl sites for hydroxylation is 2. The van der Waals surface area contributed by atoms with E-state index in [1.165, 1.54) is 6.20 Å². The molecule has 0 aliphatic rings. The summed E-state index contributed by atoms with van der Waals surface area (Å²) in [6.07, 6.45) is 1.39. The van der Waals surface area contributed by atoms with Crippen LogP contribution in [0, 0.1) is 13.7 Å². The molecular formula is C25H21N. The molecule has 0 aliphatic carbocycles. The van der Waals surface area contributed by atoms with Crippen LogP contribution in [0.25, 0.3) is 33.5 Å². The predicted molar refractivity (Wildman–Crippen MR) is 110 cm³/mol. The molecule has 0 spiro atoms. The van der Waals surface area contributed by atoms with E-state index in [1.807, 2.05) is 66.7 Å². The fraction of sp³-hybridized carbons (Fsp3) is 0.0800. The molecule has 0 radical (unpaired) electrons. The third-order valence-corrected chi connectivity index (χ3v) is 4.39. The lowest BCUT2D eigenvalue weighted by atomic mass is 9.95. The first kappa shape index (κ1) is 10.7. The molecule has 0 unspecified atom stereocenters. The minimum absolute atomic E-state index is 0.176. The summed E-state index contributed by atoms with van der Waals surface area (Å²) in [5, 5.41) is 0. The average molecular weight is 341 g/mol. The van der Waals surface area contributed by atoms with Gasteiger partial charge in [-0.2, -0.15) is 0 Å². The second-order valence-corrected chi connectivity index (χ2v) is 6.11. The molecule has 0 saturated heterocycles. The zero-order chi connectivity index (χ0) is 22.9. The molecule has 0 aliphatic heterocycles. The Morgan fingerprint density at radius 2 is 1.23 bits per heavy atom. The highest BCUT2D eigenvalue weighted by molar-refractivity contribution is 5.77. The molecule has 0 atom stereocenters. The van der Waals surface area contributed by atoms with Gasteiger partial charge >= 0.3 is 0 Å². The van der Waals surface area contributed by atoms with Gasteiger partial charge in [-0.25, -0.2) is 0 Å². The Hall–Kier alpha value is -3.19. The van der Waals surface area contributed by atoms with Crippen molar-refractivity contribution in [2.24, 2.45) is 0 Å². The molecule has 4 rings (SSSR count). The van der Waals surface area contributed by atoms with Crippen molar-refractivity contribution in [1.82, 2.24) is 4.98 Å². The summed E-state index contributed by atoms with van der Waals surface area (Å²) < 4.78 is 47.5. The molecule has 0 fully saturated rings. The van der Waals surface area contributed by atoms with Gasteiger partial charge in [0.1, 0.15) is 0 Å². The Labute approximate surface area is 163 Å². The Bertz CT molecular complexity index is 1130. The average Bonchev–Trinajstić information content (AvgIpc) is 2.78. The van der Waals surface area contributed by atoms with Crippen molar-refractivity contribution in [3.8, 4) is 33.5 Å². The van der Waals surface area contributed by atoms with E-state index >= 15 is 0 Å². The van der Waals surface area contributed by atoms with Gasteiger partial charge in [0, 0.05) is 20.0 Å². The Kier molecular flexibility index (Phi) is 2.87. The monoisotopic (exact) mass is 341 g/mol. The van der Waals surface area contributed by atoms with E-state index < -0.39 is 13.7 Å². The van der Waals surface area contributed by atoms with Crippen LogP contribution in [-0.2, 0) is 0 Å². The van der Waals surface area contributed by atoms with E-state index in [0.29, 0.717) is 22.4 Å². The molecule has 3 aromatic carbocycles. The smallest absolute Gasteiger partial charge is 0.0708 e. The van der Waals surface area contributed by atoms with Crippen LogP contribution in [0.1, 0.15) is 19.4 Å². The molecule has 0 amide bonds. The normalized spacial score (nSPS) is 15.1. The maximum absolute atomic E-state index is 7.94. The van der Waals surface area contributed by atoms with Gasteiger partial charge in [-0.15, -0.1) is 0 Å². The summed E-state index contributed by atoms with van der Waals surface area (Å²) in [7, 11) is 0. The summed E-state index contributed by atoms with van der Waals surface area (Å²) in [5.74, 6) is 0. The molecule has 0 N–H and O–H groups in total. The van der Waals surface area contributed by atoms with Crippen LogP contribution in [0.4, 0.5) is 0 Å². The first-order valence-electron chi connectivity index (χ1n) is 11.4. The van der Waals surface area contributed by atoms with Crippen LogP contribution < -0.4 is 0 Å². The topological polar surface area (TPSA) is 12.9 Å². The van der Waals surface area contributed by atoms with E-state index in [0.717, 1.165) is 11.1 Å². The Morgan fingerprint density at radius 3 is 1.85 bits per heavy atom. The van der Waals surface area contributed by atoms with Crippen LogP contribution in [0.2, 0.25) is 0 Å². The van der Waals surface area contributed by atoms with Gasteiger partial charge in [0.05, 0.1) is 5.69 Å². The van der Waals surface area contributed by atoms with Gasteiger partial charge in [-0.3, -0.25) is 4.98 Å². The number of nitrogens with zero attached hydrogens (tertiary/aromatic N) is 1. The molecule has 1 nitrogen and oxygen atoms in total. The van der Waals surface area contributed by atoms with Crippen LogP contribution in [0.3, 0.4) is 0 Å². The van der Waals surface area contributed by atoms with Gasteiger partial charge < -0.3 is 0 Å². The van der Waals surface area contributed by atoms with E-state index in [4.69, 9.17) is 8.22 Å². The highest BCUT2D eigenvalue weighted by atomic mass is 14.7. The van der Waals surface area contributed by atoms with Crippen LogP contribution in [0.15, 0.2) is 91.1 Å². The van der Waals surface area contributed by atoms with E-state index in [2.05, 4.69) is 4.98 Å². The number of rotatable bonds is 3. The zero-order valence-corrected chi connectivity index (χ0v) is 14.1. The summed E-state index contributed by atoms with van der Waals surface area (Å²) in [6, 6.07) is 25.6. The van der Waals surface area contributed by atoms with Crippen molar-refractivity contribution in [2.45, 2.75) is 13.7 Å². The lowest BCUT2D eigenvalue weighted by Gasteiger charge is -2.12. The minimum Gasteiger partial charge on any atom is -0.256 e. The van der Waals surface area contributed by atoms with E-state index in [9.17, 15) is 0 Å². The number of pyridine rings is 1. The van der Waals surface area contributed by atoms with Crippen molar-refractivity contribution in [1.29, 1.82) is 0 Å². The molecule has 0 saturated carbocycles. The highest BCUT2D eigenvalue weighted by Gasteiger charge is 2.09. The van der Waals surface area contributed by atoms with Gasteiger partial charge in [-0.1, -0.05) is 72.8 Å². The van der Waals surface area contributed by atoms with E-state index in [1.54, 1.807) is 18.2 Å². The molecule has 0 bridgehead atoms. The molecule has 126 valence electrons. The predicted octanol–water partition coefficient (Wildman–Crippen LogP) is 6.70. The summed E-state index contributed by atoms with van der Waals surface area (Å²) in [4.78, 5) is 4.43. The Balaban J connectivity index is 1.91. The second-order valence-electron chi connectivity index (χ2n) is 6.11. The summed E-state index contributed by atoms with van der Waals surface area (Å²) in [5.41, 5.74) is 4.48. The fourth-order valence-corrected chi connectivity index (χ4v) is 3.03. The summed E-state index contributed by atoms with van der Waals surface area (Å²) >= 11 is 0. The number of hydrogen-bond acceptors (Lipinski definition) is 1. The van der Waals surface area contributed by atoms with Crippen LogP contribution >= 0.6 is 0 Å². The first-order chi connectivity index (χ1) is 15.1. The minimum atomic E-state index is -2.31. The van der Waals surface area contributed by atoms with E-state index in [-0.39, 0.29) is 11.1 Å². The van der Waals surface area contributed by atoms with Crippen molar-refractivity contribution < 1.29 is 8.22 Å².